The Morgan fingerprint density at radius 3 is 2.67 bits per heavy atom. The highest BCUT2D eigenvalue weighted by atomic mass is 32.2. The first-order valence-corrected chi connectivity index (χ1v) is 7.83. The van der Waals surface area contributed by atoms with Gasteiger partial charge in [0.05, 0.1) is 5.60 Å². The average Bonchev–Trinajstić information content (AvgIpc) is 2.47. The molecular weight excluding hydrogens is 254 g/mol. The van der Waals surface area contributed by atoms with Gasteiger partial charge in [-0.2, -0.15) is 17.0 Å². The lowest BCUT2D eigenvalue weighted by Gasteiger charge is -2.26. The van der Waals surface area contributed by atoms with Crippen LogP contribution in [-0.2, 0) is 10.2 Å². The molecule has 0 radical (unpaired) electrons. The minimum Gasteiger partial charge on any atom is -0.390 e. The van der Waals surface area contributed by atoms with Crippen LogP contribution in [0.2, 0.25) is 0 Å². The Balaban J connectivity index is 2.67. The molecule has 1 aliphatic heterocycles. The van der Waals surface area contributed by atoms with Gasteiger partial charge in [0.15, 0.2) is 0 Å². The van der Waals surface area contributed by atoms with Crippen LogP contribution in [0.25, 0.3) is 0 Å². The maximum Gasteiger partial charge on any atom is 0.281 e. The first-order valence-electron chi connectivity index (χ1n) is 6.43. The molecule has 18 heavy (non-hydrogen) atoms. The summed E-state index contributed by atoms with van der Waals surface area (Å²) in [7, 11) is -1.83. The van der Waals surface area contributed by atoms with Crippen molar-refractivity contribution in [2.45, 2.75) is 38.2 Å². The molecule has 0 aromatic rings. The summed E-state index contributed by atoms with van der Waals surface area (Å²) in [5.74, 6) is 0. The second kappa shape index (κ2) is 6.29. The molecule has 1 saturated heterocycles. The summed E-state index contributed by atoms with van der Waals surface area (Å²) in [5, 5.41) is 9.97. The molecule has 0 amide bonds. The van der Waals surface area contributed by atoms with E-state index in [-0.39, 0.29) is 0 Å². The van der Waals surface area contributed by atoms with Crippen LogP contribution in [-0.4, -0.2) is 61.0 Å². The topological polar surface area (TPSA) is 86.9 Å². The summed E-state index contributed by atoms with van der Waals surface area (Å²) < 4.78 is 27.4. The Hall–Kier alpha value is -0.210. The van der Waals surface area contributed by atoms with E-state index in [2.05, 4.69) is 0 Å². The van der Waals surface area contributed by atoms with Gasteiger partial charge in [-0.15, -0.1) is 0 Å². The highest BCUT2D eigenvalue weighted by Gasteiger charge is 2.32. The highest BCUT2D eigenvalue weighted by Crippen LogP contribution is 2.23. The zero-order chi connectivity index (χ0) is 13.8. The molecule has 6 nitrogen and oxygen atoms in total. The number of aliphatic hydroxyl groups is 1. The van der Waals surface area contributed by atoms with E-state index in [1.807, 2.05) is 0 Å². The van der Waals surface area contributed by atoms with E-state index < -0.39 is 15.8 Å². The third kappa shape index (κ3) is 4.17. The molecule has 1 aliphatic rings. The summed E-state index contributed by atoms with van der Waals surface area (Å²) in [5.41, 5.74) is 4.64. The van der Waals surface area contributed by atoms with Crippen molar-refractivity contribution in [1.82, 2.24) is 8.61 Å². The van der Waals surface area contributed by atoms with E-state index in [1.54, 1.807) is 14.0 Å². The van der Waals surface area contributed by atoms with Gasteiger partial charge in [-0.05, 0) is 39.2 Å². The predicted octanol–water partition coefficient (Wildman–Crippen LogP) is -0.251. The van der Waals surface area contributed by atoms with Crippen LogP contribution in [0, 0.1) is 0 Å². The van der Waals surface area contributed by atoms with Crippen molar-refractivity contribution >= 4 is 10.2 Å². The summed E-state index contributed by atoms with van der Waals surface area (Å²) in [6, 6.07) is 0. The summed E-state index contributed by atoms with van der Waals surface area (Å²) >= 11 is 0. The Morgan fingerprint density at radius 2 is 2.06 bits per heavy atom. The lowest BCUT2D eigenvalue weighted by Crippen LogP contribution is -2.43. The van der Waals surface area contributed by atoms with Gasteiger partial charge in [0.1, 0.15) is 0 Å². The molecule has 7 heteroatoms. The van der Waals surface area contributed by atoms with Crippen molar-refractivity contribution in [3.63, 3.8) is 0 Å². The first-order chi connectivity index (χ1) is 8.29. The molecule has 0 bridgehead atoms. The predicted molar refractivity (Wildman–Crippen MR) is 71.3 cm³/mol. The maximum atomic E-state index is 12.3. The fourth-order valence-corrected chi connectivity index (χ4v) is 3.53. The van der Waals surface area contributed by atoms with Crippen molar-refractivity contribution in [3.05, 3.63) is 0 Å². The van der Waals surface area contributed by atoms with Gasteiger partial charge in [-0.25, -0.2) is 0 Å². The molecule has 1 fully saturated rings. The first kappa shape index (κ1) is 15.8. The number of hydrogen-bond donors (Lipinski definition) is 2. The van der Waals surface area contributed by atoms with E-state index in [9.17, 15) is 13.5 Å². The van der Waals surface area contributed by atoms with Crippen LogP contribution < -0.4 is 5.73 Å². The van der Waals surface area contributed by atoms with Crippen molar-refractivity contribution in [2.24, 2.45) is 5.73 Å². The zero-order valence-corrected chi connectivity index (χ0v) is 12.1. The van der Waals surface area contributed by atoms with Crippen molar-refractivity contribution in [1.29, 1.82) is 0 Å². The zero-order valence-electron chi connectivity index (χ0n) is 11.3. The molecule has 108 valence electrons. The number of rotatable bonds is 5. The van der Waals surface area contributed by atoms with Crippen molar-refractivity contribution in [3.8, 4) is 0 Å². The van der Waals surface area contributed by atoms with Crippen LogP contribution in [0.3, 0.4) is 0 Å². The molecule has 1 unspecified atom stereocenters. The molecule has 1 atom stereocenters. The highest BCUT2D eigenvalue weighted by molar-refractivity contribution is 7.86. The van der Waals surface area contributed by atoms with Crippen LogP contribution >= 0.6 is 0 Å². The lowest BCUT2D eigenvalue weighted by atomic mass is 9.98. The van der Waals surface area contributed by atoms with Crippen LogP contribution in [0.1, 0.15) is 32.6 Å². The van der Waals surface area contributed by atoms with E-state index in [4.69, 9.17) is 5.73 Å². The largest absolute Gasteiger partial charge is 0.390 e. The van der Waals surface area contributed by atoms with Gasteiger partial charge in [0.2, 0.25) is 0 Å². The van der Waals surface area contributed by atoms with E-state index >= 15 is 0 Å². The molecule has 0 spiro atoms. The summed E-state index contributed by atoms with van der Waals surface area (Å²) in [6.07, 6.45) is 2.47. The maximum absolute atomic E-state index is 12.3. The Kier molecular flexibility index (Phi) is 5.54. The fourth-order valence-electron chi connectivity index (χ4n) is 2.10. The third-order valence-electron chi connectivity index (χ3n) is 3.42. The molecule has 0 aromatic carbocycles. The second-order valence-corrected chi connectivity index (χ2v) is 7.26. The van der Waals surface area contributed by atoms with Gasteiger partial charge in [0.25, 0.3) is 10.2 Å². The Bertz CT molecular complexity index is 357. The molecule has 0 aliphatic carbocycles. The molecule has 3 N–H and O–H groups in total. The SMILES string of the molecule is CN(CCCN)S(=O)(=O)N1CCCC(C)(O)CC1. The molecular formula is C11H25N3O3S. The van der Waals surface area contributed by atoms with E-state index in [1.165, 1.54) is 8.61 Å². The van der Waals surface area contributed by atoms with Gasteiger partial charge in [0, 0.05) is 26.7 Å². The van der Waals surface area contributed by atoms with E-state index in [0.29, 0.717) is 51.9 Å². The van der Waals surface area contributed by atoms with Crippen molar-refractivity contribution < 1.29 is 13.5 Å². The monoisotopic (exact) mass is 279 g/mol. The number of hydrogen-bond acceptors (Lipinski definition) is 4. The lowest BCUT2D eigenvalue weighted by molar-refractivity contribution is 0.0464. The number of nitrogens with two attached hydrogens (primary N) is 1. The van der Waals surface area contributed by atoms with Crippen LogP contribution in [0.5, 0.6) is 0 Å². The molecule has 1 rings (SSSR count). The Morgan fingerprint density at radius 1 is 1.39 bits per heavy atom. The van der Waals surface area contributed by atoms with Gasteiger partial charge >= 0.3 is 0 Å². The standard InChI is InChI=1S/C11H25N3O3S/c1-11(15)5-3-9-14(10-6-11)18(16,17)13(2)8-4-7-12/h15H,3-10,12H2,1-2H3. The Labute approximate surface area is 110 Å². The molecule has 1 heterocycles. The fraction of sp³-hybridized carbons (Fsp3) is 1.00. The van der Waals surface area contributed by atoms with E-state index in [0.717, 1.165) is 0 Å². The molecule has 0 saturated carbocycles. The van der Waals surface area contributed by atoms with Crippen LogP contribution in [0.4, 0.5) is 0 Å². The average molecular weight is 279 g/mol. The second-order valence-electron chi connectivity index (χ2n) is 5.22. The minimum atomic E-state index is -3.41. The van der Waals surface area contributed by atoms with Gasteiger partial charge in [-0.3, -0.25) is 0 Å². The molecule has 0 aromatic heterocycles. The smallest absolute Gasteiger partial charge is 0.281 e. The van der Waals surface area contributed by atoms with Gasteiger partial charge < -0.3 is 10.8 Å². The normalized spacial score (nSPS) is 27.4. The summed E-state index contributed by atoms with van der Waals surface area (Å²) in [6.45, 7) is 3.54. The minimum absolute atomic E-state index is 0.377. The van der Waals surface area contributed by atoms with Crippen LogP contribution in [0.15, 0.2) is 0 Å². The van der Waals surface area contributed by atoms with Crippen molar-refractivity contribution in [2.75, 3.05) is 33.2 Å². The number of nitrogens with zero attached hydrogens (tertiary/aromatic N) is 2. The quantitative estimate of drug-likeness (QED) is 0.726. The summed E-state index contributed by atoms with van der Waals surface area (Å²) in [4.78, 5) is 0. The third-order valence-corrected chi connectivity index (χ3v) is 5.41. The van der Waals surface area contributed by atoms with Gasteiger partial charge in [-0.1, -0.05) is 0 Å².